The third-order valence-corrected chi connectivity index (χ3v) is 5.15. The van der Waals surface area contributed by atoms with Gasteiger partial charge in [-0.25, -0.2) is 4.68 Å². The molecule has 1 aliphatic heterocycles. The van der Waals surface area contributed by atoms with Gasteiger partial charge in [0.15, 0.2) is 0 Å². The van der Waals surface area contributed by atoms with E-state index in [0.717, 1.165) is 36.1 Å². The zero-order chi connectivity index (χ0) is 15.0. The molecule has 21 heavy (non-hydrogen) atoms. The van der Waals surface area contributed by atoms with Crippen molar-refractivity contribution in [3.63, 3.8) is 0 Å². The van der Waals surface area contributed by atoms with Crippen LogP contribution in [-0.2, 0) is 7.05 Å². The van der Waals surface area contributed by atoms with E-state index in [9.17, 15) is 0 Å². The van der Waals surface area contributed by atoms with Crippen LogP contribution in [0, 0.1) is 0 Å². The maximum absolute atomic E-state index is 4.93. The first-order valence-electron chi connectivity index (χ1n) is 7.66. The number of rotatable bonds is 4. The Morgan fingerprint density at radius 2 is 2.19 bits per heavy atom. The molecule has 5 nitrogen and oxygen atoms in total. The Morgan fingerprint density at radius 1 is 1.43 bits per heavy atom. The molecule has 0 saturated carbocycles. The molecule has 0 aromatic carbocycles. The lowest BCUT2D eigenvalue weighted by Gasteiger charge is -2.25. The molecule has 0 saturated heterocycles. The van der Waals surface area contributed by atoms with Crippen LogP contribution < -0.4 is 5.32 Å². The molecule has 114 valence electrons. The first kappa shape index (κ1) is 14.6. The van der Waals surface area contributed by atoms with Crippen molar-refractivity contribution >= 4 is 21.7 Å². The molecule has 1 unspecified atom stereocenters. The van der Waals surface area contributed by atoms with Gasteiger partial charge in [0.05, 0.1) is 22.4 Å². The standard InChI is InChI=1S/C15H22BrN5/c1-4-10(5-2)14-13(16)15-17-7-6-12(21(15)19-14)11-8-18-20(3)9-11/h8-10,12,17H,4-7H2,1-3H3. The number of aryl methyl sites for hydroxylation is 1. The van der Waals surface area contributed by atoms with Crippen molar-refractivity contribution in [3.8, 4) is 0 Å². The number of nitrogens with one attached hydrogen (secondary N) is 1. The molecular formula is C15H22BrN5. The molecule has 1 aliphatic rings. The van der Waals surface area contributed by atoms with E-state index in [2.05, 4.69) is 51.1 Å². The fourth-order valence-electron chi connectivity index (χ4n) is 3.12. The highest BCUT2D eigenvalue weighted by atomic mass is 79.9. The number of anilines is 1. The van der Waals surface area contributed by atoms with Crippen molar-refractivity contribution in [3.05, 3.63) is 28.1 Å². The molecule has 0 radical (unpaired) electrons. The topological polar surface area (TPSA) is 47.7 Å². The van der Waals surface area contributed by atoms with Crippen LogP contribution in [0.5, 0.6) is 0 Å². The number of halogens is 1. The van der Waals surface area contributed by atoms with Gasteiger partial charge in [0.25, 0.3) is 0 Å². The van der Waals surface area contributed by atoms with Gasteiger partial charge in [-0.05, 0) is 35.2 Å². The summed E-state index contributed by atoms with van der Waals surface area (Å²) in [6.07, 6.45) is 7.31. The SMILES string of the molecule is CCC(CC)c1nn2c(c1Br)NCCC2c1cnn(C)c1. The maximum Gasteiger partial charge on any atom is 0.139 e. The number of fused-ring (bicyclic) bond motifs is 1. The van der Waals surface area contributed by atoms with Gasteiger partial charge in [0, 0.05) is 31.3 Å². The van der Waals surface area contributed by atoms with E-state index in [1.54, 1.807) is 0 Å². The Kier molecular flexibility index (Phi) is 4.06. The lowest BCUT2D eigenvalue weighted by Crippen LogP contribution is -2.24. The highest BCUT2D eigenvalue weighted by molar-refractivity contribution is 9.10. The van der Waals surface area contributed by atoms with Gasteiger partial charge in [-0.2, -0.15) is 10.2 Å². The monoisotopic (exact) mass is 351 g/mol. The fraction of sp³-hybridized carbons (Fsp3) is 0.600. The fourth-order valence-corrected chi connectivity index (χ4v) is 3.85. The molecule has 3 rings (SSSR count). The molecule has 2 aromatic heterocycles. The van der Waals surface area contributed by atoms with Gasteiger partial charge in [0.1, 0.15) is 5.82 Å². The van der Waals surface area contributed by atoms with E-state index in [-0.39, 0.29) is 6.04 Å². The van der Waals surface area contributed by atoms with E-state index in [4.69, 9.17) is 5.10 Å². The summed E-state index contributed by atoms with van der Waals surface area (Å²) in [6, 6.07) is 0.273. The largest absolute Gasteiger partial charge is 0.369 e. The number of nitrogens with zero attached hydrogens (tertiary/aromatic N) is 4. The number of aromatic nitrogens is 4. The Balaban J connectivity index is 2.03. The van der Waals surface area contributed by atoms with Crippen molar-refractivity contribution < 1.29 is 0 Å². The zero-order valence-corrected chi connectivity index (χ0v) is 14.4. The van der Waals surface area contributed by atoms with Crippen LogP contribution in [0.15, 0.2) is 16.9 Å². The summed E-state index contributed by atoms with van der Waals surface area (Å²) in [6.45, 7) is 5.42. The molecule has 3 heterocycles. The third-order valence-electron chi connectivity index (χ3n) is 4.36. The van der Waals surface area contributed by atoms with Crippen molar-refractivity contribution in [2.75, 3.05) is 11.9 Å². The average molecular weight is 352 g/mol. The van der Waals surface area contributed by atoms with Gasteiger partial charge in [-0.15, -0.1) is 0 Å². The first-order chi connectivity index (χ1) is 10.2. The minimum Gasteiger partial charge on any atom is -0.369 e. The molecular weight excluding hydrogens is 330 g/mol. The molecule has 1 N–H and O–H groups in total. The van der Waals surface area contributed by atoms with E-state index in [1.165, 1.54) is 11.3 Å². The highest BCUT2D eigenvalue weighted by Gasteiger charge is 2.29. The molecule has 6 heteroatoms. The number of hydrogen-bond donors (Lipinski definition) is 1. The van der Waals surface area contributed by atoms with Gasteiger partial charge in [0.2, 0.25) is 0 Å². The average Bonchev–Trinajstić information content (AvgIpc) is 3.06. The summed E-state index contributed by atoms with van der Waals surface area (Å²) in [4.78, 5) is 0. The second-order valence-electron chi connectivity index (χ2n) is 5.68. The quantitative estimate of drug-likeness (QED) is 0.913. The Bertz CT molecular complexity index is 626. The summed E-state index contributed by atoms with van der Waals surface area (Å²) >= 11 is 3.76. The molecule has 2 aromatic rings. The minimum atomic E-state index is 0.273. The molecule has 0 aliphatic carbocycles. The van der Waals surface area contributed by atoms with Crippen molar-refractivity contribution in [2.24, 2.45) is 7.05 Å². The van der Waals surface area contributed by atoms with E-state index in [1.807, 2.05) is 17.9 Å². The highest BCUT2D eigenvalue weighted by Crippen LogP contribution is 2.39. The minimum absolute atomic E-state index is 0.273. The van der Waals surface area contributed by atoms with E-state index >= 15 is 0 Å². The van der Waals surface area contributed by atoms with E-state index < -0.39 is 0 Å². The van der Waals surface area contributed by atoms with Crippen LogP contribution in [0.25, 0.3) is 0 Å². The van der Waals surface area contributed by atoms with Crippen LogP contribution in [0.1, 0.15) is 56.3 Å². The van der Waals surface area contributed by atoms with Crippen LogP contribution in [0.3, 0.4) is 0 Å². The lowest BCUT2D eigenvalue weighted by molar-refractivity contribution is 0.470. The van der Waals surface area contributed by atoms with Crippen LogP contribution in [0.2, 0.25) is 0 Å². The molecule has 0 fully saturated rings. The van der Waals surface area contributed by atoms with Crippen molar-refractivity contribution in [1.82, 2.24) is 19.6 Å². The smallest absolute Gasteiger partial charge is 0.139 e. The molecule has 0 bridgehead atoms. The zero-order valence-electron chi connectivity index (χ0n) is 12.8. The Labute approximate surface area is 133 Å². The summed E-state index contributed by atoms with van der Waals surface area (Å²) in [5.74, 6) is 1.62. The Morgan fingerprint density at radius 3 is 2.81 bits per heavy atom. The second-order valence-corrected chi connectivity index (χ2v) is 6.48. The van der Waals surface area contributed by atoms with Gasteiger partial charge < -0.3 is 5.32 Å². The number of hydrogen-bond acceptors (Lipinski definition) is 3. The van der Waals surface area contributed by atoms with Crippen LogP contribution in [0.4, 0.5) is 5.82 Å². The van der Waals surface area contributed by atoms with Gasteiger partial charge in [-0.3, -0.25) is 4.68 Å². The second kappa shape index (κ2) is 5.83. The predicted octanol–water partition coefficient (Wildman–Crippen LogP) is 3.69. The van der Waals surface area contributed by atoms with Crippen molar-refractivity contribution in [1.29, 1.82) is 0 Å². The van der Waals surface area contributed by atoms with Crippen molar-refractivity contribution in [2.45, 2.75) is 45.1 Å². The normalized spacial score (nSPS) is 17.9. The first-order valence-corrected chi connectivity index (χ1v) is 8.45. The van der Waals surface area contributed by atoms with Gasteiger partial charge >= 0.3 is 0 Å². The van der Waals surface area contributed by atoms with Crippen LogP contribution >= 0.6 is 15.9 Å². The lowest BCUT2D eigenvalue weighted by atomic mass is 10.00. The predicted molar refractivity (Wildman–Crippen MR) is 87.7 cm³/mol. The molecule has 0 amide bonds. The summed E-state index contributed by atoms with van der Waals surface area (Å²) in [5, 5.41) is 12.7. The molecule has 1 atom stereocenters. The molecule has 0 spiro atoms. The van der Waals surface area contributed by atoms with E-state index in [0.29, 0.717) is 5.92 Å². The summed E-state index contributed by atoms with van der Waals surface area (Å²) < 4.78 is 5.13. The van der Waals surface area contributed by atoms with Crippen LogP contribution in [-0.4, -0.2) is 26.1 Å². The third kappa shape index (κ3) is 2.50. The Hall–Kier alpha value is -1.30. The summed E-state index contributed by atoms with van der Waals surface area (Å²) in [7, 11) is 1.96. The maximum atomic E-state index is 4.93. The summed E-state index contributed by atoms with van der Waals surface area (Å²) in [5.41, 5.74) is 2.41. The van der Waals surface area contributed by atoms with Gasteiger partial charge in [-0.1, -0.05) is 13.8 Å².